The zero-order valence-corrected chi connectivity index (χ0v) is 11.2. The number of halogens is 3. The monoisotopic (exact) mass is 299 g/mol. The molecule has 0 radical (unpaired) electrons. The highest BCUT2D eigenvalue weighted by molar-refractivity contribution is 5.46. The molecule has 21 heavy (non-hydrogen) atoms. The Morgan fingerprint density at radius 1 is 1.00 bits per heavy atom. The predicted octanol–water partition coefficient (Wildman–Crippen LogP) is 3.37. The number of hydrogen-bond donors (Lipinski definition) is 1. The van der Waals surface area contributed by atoms with Gasteiger partial charge < -0.3 is 15.2 Å². The first-order valence-electron chi connectivity index (χ1n) is 5.89. The molecule has 0 spiro atoms. The predicted molar refractivity (Wildman–Crippen MR) is 69.1 cm³/mol. The number of alkyl halides is 3. The van der Waals surface area contributed by atoms with E-state index in [1.54, 1.807) is 13.8 Å². The van der Waals surface area contributed by atoms with Crippen LogP contribution in [0.3, 0.4) is 0 Å². The summed E-state index contributed by atoms with van der Waals surface area (Å²) in [5, 5.41) is 0. The average Bonchev–Trinajstić information content (AvgIpc) is 2.36. The molecule has 0 saturated heterocycles. The van der Waals surface area contributed by atoms with Gasteiger partial charge in [-0.1, -0.05) is 0 Å². The van der Waals surface area contributed by atoms with Crippen LogP contribution in [0.15, 0.2) is 24.3 Å². The molecule has 0 unspecified atom stereocenters. The van der Waals surface area contributed by atoms with Crippen molar-refractivity contribution >= 4 is 5.82 Å². The molecular weight excluding hydrogens is 287 g/mol. The molecule has 1 aromatic carbocycles. The molecule has 112 valence electrons. The molecule has 0 atom stereocenters. The maximum atomic E-state index is 12.0. The lowest BCUT2D eigenvalue weighted by molar-refractivity contribution is -0.274. The topological polar surface area (TPSA) is 70.3 Å². The standard InChI is InChI=1S/C13H12F3N3O2/c1-7-11(17)18-8(2)19-12(7)20-9-3-5-10(6-4-9)21-13(14,15)16/h3-6H,1-2H3,(H2,17,18,19). The highest BCUT2D eigenvalue weighted by Gasteiger charge is 2.31. The highest BCUT2D eigenvalue weighted by Crippen LogP contribution is 2.28. The minimum Gasteiger partial charge on any atom is -0.439 e. The second-order valence-corrected chi connectivity index (χ2v) is 4.21. The lowest BCUT2D eigenvalue weighted by atomic mass is 10.3. The van der Waals surface area contributed by atoms with Crippen molar-refractivity contribution in [3.05, 3.63) is 35.7 Å². The summed E-state index contributed by atoms with van der Waals surface area (Å²) in [5.41, 5.74) is 6.24. The van der Waals surface area contributed by atoms with E-state index < -0.39 is 6.36 Å². The Bertz CT molecular complexity index is 642. The Morgan fingerprint density at radius 2 is 1.57 bits per heavy atom. The summed E-state index contributed by atoms with van der Waals surface area (Å²) in [6.07, 6.45) is -4.73. The third kappa shape index (κ3) is 3.98. The van der Waals surface area contributed by atoms with E-state index in [1.165, 1.54) is 12.1 Å². The number of aromatic nitrogens is 2. The van der Waals surface area contributed by atoms with E-state index in [2.05, 4.69) is 14.7 Å². The Kier molecular flexibility index (Phi) is 3.88. The first kappa shape index (κ1) is 14.9. The first-order valence-corrected chi connectivity index (χ1v) is 5.89. The van der Waals surface area contributed by atoms with Gasteiger partial charge in [0.05, 0.1) is 5.56 Å². The molecule has 1 heterocycles. The molecule has 8 heteroatoms. The summed E-state index contributed by atoms with van der Waals surface area (Å²) >= 11 is 0. The third-order valence-corrected chi connectivity index (χ3v) is 2.52. The zero-order valence-electron chi connectivity index (χ0n) is 11.2. The number of nitrogens with zero attached hydrogens (tertiary/aromatic N) is 2. The Balaban J connectivity index is 2.18. The van der Waals surface area contributed by atoms with E-state index in [0.29, 0.717) is 17.1 Å². The van der Waals surface area contributed by atoms with Gasteiger partial charge in [0.15, 0.2) is 0 Å². The minimum absolute atomic E-state index is 0.254. The van der Waals surface area contributed by atoms with E-state index in [9.17, 15) is 13.2 Å². The molecule has 0 amide bonds. The summed E-state index contributed by atoms with van der Waals surface area (Å²) in [5.74, 6) is 0.958. The molecular formula is C13H12F3N3O2. The summed E-state index contributed by atoms with van der Waals surface area (Å²) in [7, 11) is 0. The second kappa shape index (κ2) is 5.47. The molecule has 0 fully saturated rings. The van der Waals surface area contributed by atoms with Crippen molar-refractivity contribution in [1.82, 2.24) is 9.97 Å². The lowest BCUT2D eigenvalue weighted by Gasteiger charge is -2.11. The Labute approximate surface area is 118 Å². The molecule has 0 aliphatic rings. The van der Waals surface area contributed by atoms with Crippen LogP contribution < -0.4 is 15.2 Å². The van der Waals surface area contributed by atoms with Gasteiger partial charge in [-0.3, -0.25) is 0 Å². The normalized spacial score (nSPS) is 11.3. The van der Waals surface area contributed by atoms with E-state index in [0.717, 1.165) is 12.1 Å². The molecule has 0 saturated carbocycles. The van der Waals surface area contributed by atoms with Crippen LogP contribution in [0.25, 0.3) is 0 Å². The van der Waals surface area contributed by atoms with Crippen molar-refractivity contribution in [2.75, 3.05) is 5.73 Å². The minimum atomic E-state index is -4.73. The van der Waals surface area contributed by atoms with Crippen LogP contribution in [-0.2, 0) is 0 Å². The van der Waals surface area contributed by atoms with Gasteiger partial charge in [-0.25, -0.2) is 4.98 Å². The highest BCUT2D eigenvalue weighted by atomic mass is 19.4. The number of nitrogen functional groups attached to an aromatic ring is 1. The van der Waals surface area contributed by atoms with Crippen LogP contribution in [0.4, 0.5) is 19.0 Å². The van der Waals surface area contributed by atoms with Gasteiger partial charge in [-0.2, -0.15) is 4.98 Å². The molecule has 5 nitrogen and oxygen atoms in total. The van der Waals surface area contributed by atoms with Gasteiger partial charge in [-0.15, -0.1) is 13.2 Å². The summed E-state index contributed by atoms with van der Waals surface area (Å²) in [6.45, 7) is 3.34. The van der Waals surface area contributed by atoms with Crippen LogP contribution in [0.1, 0.15) is 11.4 Å². The van der Waals surface area contributed by atoms with E-state index in [1.807, 2.05) is 0 Å². The summed E-state index contributed by atoms with van der Waals surface area (Å²) in [4.78, 5) is 8.06. The molecule has 1 aromatic heterocycles. The van der Waals surface area contributed by atoms with Crippen molar-refractivity contribution in [3.63, 3.8) is 0 Å². The van der Waals surface area contributed by atoms with Gasteiger partial charge >= 0.3 is 6.36 Å². The summed E-state index contributed by atoms with van der Waals surface area (Å²) < 4.78 is 45.4. The number of anilines is 1. The van der Waals surface area contributed by atoms with Gasteiger partial charge in [0.1, 0.15) is 23.1 Å². The van der Waals surface area contributed by atoms with Gasteiger partial charge in [-0.05, 0) is 38.1 Å². The average molecular weight is 299 g/mol. The molecule has 0 aliphatic carbocycles. The fraction of sp³-hybridized carbons (Fsp3) is 0.231. The van der Waals surface area contributed by atoms with Gasteiger partial charge in [0.2, 0.25) is 5.88 Å². The smallest absolute Gasteiger partial charge is 0.439 e. The zero-order chi connectivity index (χ0) is 15.6. The number of nitrogens with two attached hydrogens (primary N) is 1. The maximum absolute atomic E-state index is 12.0. The van der Waals surface area contributed by atoms with Crippen molar-refractivity contribution in [2.24, 2.45) is 0 Å². The fourth-order valence-electron chi connectivity index (χ4n) is 1.54. The molecule has 2 rings (SSSR count). The fourth-order valence-corrected chi connectivity index (χ4v) is 1.54. The van der Waals surface area contributed by atoms with Crippen LogP contribution in [0.5, 0.6) is 17.4 Å². The third-order valence-electron chi connectivity index (χ3n) is 2.52. The van der Waals surface area contributed by atoms with E-state index in [4.69, 9.17) is 10.5 Å². The SMILES string of the molecule is Cc1nc(N)c(C)c(Oc2ccc(OC(F)(F)F)cc2)n1. The number of rotatable bonds is 3. The Morgan fingerprint density at radius 3 is 2.14 bits per heavy atom. The van der Waals surface area contributed by atoms with Crippen LogP contribution in [0, 0.1) is 13.8 Å². The van der Waals surface area contributed by atoms with E-state index >= 15 is 0 Å². The quantitative estimate of drug-likeness (QED) is 0.941. The van der Waals surface area contributed by atoms with Crippen molar-refractivity contribution < 1.29 is 22.6 Å². The van der Waals surface area contributed by atoms with Crippen LogP contribution in [-0.4, -0.2) is 16.3 Å². The van der Waals surface area contributed by atoms with E-state index in [-0.39, 0.29) is 17.4 Å². The Hall–Kier alpha value is -2.51. The molecule has 0 bridgehead atoms. The number of benzene rings is 1. The largest absolute Gasteiger partial charge is 0.573 e. The first-order chi connectivity index (χ1) is 9.74. The van der Waals surface area contributed by atoms with Crippen molar-refractivity contribution in [1.29, 1.82) is 0 Å². The van der Waals surface area contributed by atoms with Crippen LogP contribution >= 0.6 is 0 Å². The lowest BCUT2D eigenvalue weighted by Crippen LogP contribution is -2.16. The maximum Gasteiger partial charge on any atom is 0.573 e. The summed E-state index contributed by atoms with van der Waals surface area (Å²) in [6, 6.07) is 4.98. The number of aryl methyl sites for hydroxylation is 1. The second-order valence-electron chi connectivity index (χ2n) is 4.21. The molecule has 0 aliphatic heterocycles. The van der Waals surface area contributed by atoms with Crippen LogP contribution in [0.2, 0.25) is 0 Å². The molecule has 2 aromatic rings. The number of hydrogen-bond acceptors (Lipinski definition) is 5. The van der Waals surface area contributed by atoms with Gasteiger partial charge in [0, 0.05) is 0 Å². The van der Waals surface area contributed by atoms with Gasteiger partial charge in [0.25, 0.3) is 0 Å². The number of ether oxygens (including phenoxy) is 2. The van der Waals surface area contributed by atoms with Crippen molar-refractivity contribution in [2.45, 2.75) is 20.2 Å². The van der Waals surface area contributed by atoms with Crippen molar-refractivity contribution in [3.8, 4) is 17.4 Å². The molecule has 2 N–H and O–H groups in total.